The lowest BCUT2D eigenvalue weighted by Crippen LogP contribution is -2.11. The number of para-hydroxylation sites is 1. The van der Waals surface area contributed by atoms with E-state index in [2.05, 4.69) is 24.4 Å². The van der Waals surface area contributed by atoms with Gasteiger partial charge >= 0.3 is 0 Å². The summed E-state index contributed by atoms with van der Waals surface area (Å²) in [5.74, 6) is 0.405. The first-order chi connectivity index (χ1) is 8.16. The zero-order valence-corrected chi connectivity index (χ0v) is 11.0. The summed E-state index contributed by atoms with van der Waals surface area (Å²) in [7, 11) is 0. The average molecular weight is 247 g/mol. The van der Waals surface area contributed by atoms with Gasteiger partial charge in [0.15, 0.2) is 0 Å². The van der Waals surface area contributed by atoms with Crippen molar-refractivity contribution in [2.75, 3.05) is 0 Å². The summed E-state index contributed by atoms with van der Waals surface area (Å²) >= 11 is 1.81. The first kappa shape index (κ1) is 12.1. The molecule has 0 atom stereocenters. The maximum absolute atomic E-state index is 9.86. The summed E-state index contributed by atoms with van der Waals surface area (Å²) in [4.78, 5) is 2.66. The fourth-order valence-corrected chi connectivity index (χ4v) is 2.62. The molecule has 0 aliphatic carbocycles. The van der Waals surface area contributed by atoms with E-state index in [9.17, 15) is 5.11 Å². The Bertz CT molecular complexity index is 505. The predicted molar refractivity (Wildman–Crippen MR) is 72.4 cm³/mol. The molecule has 0 aliphatic heterocycles. The summed E-state index contributed by atoms with van der Waals surface area (Å²) in [5.41, 5.74) is 1.88. The van der Waals surface area contributed by atoms with Crippen LogP contribution in [0.15, 0.2) is 30.3 Å². The van der Waals surface area contributed by atoms with E-state index in [0.717, 1.165) is 17.7 Å². The largest absolute Gasteiger partial charge is 0.507 e. The number of phenols is 1. The van der Waals surface area contributed by atoms with E-state index in [4.69, 9.17) is 0 Å². The van der Waals surface area contributed by atoms with Gasteiger partial charge in [0.2, 0.25) is 0 Å². The van der Waals surface area contributed by atoms with Crippen molar-refractivity contribution in [3.63, 3.8) is 0 Å². The van der Waals surface area contributed by atoms with Crippen molar-refractivity contribution in [3.05, 3.63) is 51.2 Å². The molecule has 0 radical (unpaired) electrons. The molecule has 0 bridgehead atoms. The van der Waals surface area contributed by atoms with Crippen molar-refractivity contribution in [1.82, 2.24) is 5.32 Å². The molecular weight excluding hydrogens is 230 g/mol. The first-order valence-corrected chi connectivity index (χ1v) is 6.52. The summed E-state index contributed by atoms with van der Waals surface area (Å²) in [6, 6.07) is 10.1. The van der Waals surface area contributed by atoms with Gasteiger partial charge in [0.1, 0.15) is 5.75 Å². The number of hydrogen-bond acceptors (Lipinski definition) is 3. The lowest BCUT2D eigenvalue weighted by molar-refractivity contribution is 0.460. The van der Waals surface area contributed by atoms with E-state index in [0.29, 0.717) is 12.3 Å². The highest BCUT2D eigenvalue weighted by Gasteiger charge is 2.03. The molecule has 0 saturated heterocycles. The molecule has 0 fully saturated rings. The molecule has 0 saturated carbocycles. The monoisotopic (exact) mass is 247 g/mol. The molecule has 3 heteroatoms. The fourth-order valence-electron chi connectivity index (χ4n) is 1.76. The van der Waals surface area contributed by atoms with Crippen molar-refractivity contribution >= 4 is 11.3 Å². The zero-order chi connectivity index (χ0) is 12.3. The van der Waals surface area contributed by atoms with Crippen LogP contribution in [0.4, 0.5) is 0 Å². The zero-order valence-electron chi connectivity index (χ0n) is 10.2. The predicted octanol–water partition coefficient (Wildman–Crippen LogP) is 3.36. The number of thiophene rings is 1. The average Bonchev–Trinajstić information content (AvgIpc) is 2.70. The Morgan fingerprint density at radius 1 is 1.12 bits per heavy atom. The number of benzene rings is 1. The third-order valence-corrected chi connectivity index (χ3v) is 3.73. The van der Waals surface area contributed by atoms with Gasteiger partial charge < -0.3 is 10.4 Å². The SMILES string of the molecule is Cc1ccc(CNCc2cccc(C)c2O)s1. The quantitative estimate of drug-likeness (QED) is 0.868. The van der Waals surface area contributed by atoms with Gasteiger partial charge in [-0.3, -0.25) is 0 Å². The standard InChI is InChI=1S/C14H17NOS/c1-10-4-3-5-12(14(10)16)8-15-9-13-7-6-11(2)17-13/h3-7,15-16H,8-9H2,1-2H3. The van der Waals surface area contributed by atoms with Crippen LogP contribution in [-0.2, 0) is 13.1 Å². The summed E-state index contributed by atoms with van der Waals surface area (Å²) in [5, 5.41) is 13.2. The van der Waals surface area contributed by atoms with Gasteiger partial charge in [-0.05, 0) is 31.5 Å². The van der Waals surface area contributed by atoms with Gasteiger partial charge in [0.25, 0.3) is 0 Å². The Labute approximate surface area is 106 Å². The Morgan fingerprint density at radius 3 is 2.65 bits per heavy atom. The van der Waals surface area contributed by atoms with E-state index in [-0.39, 0.29) is 0 Å². The molecule has 0 spiro atoms. The number of rotatable bonds is 4. The van der Waals surface area contributed by atoms with Crippen LogP contribution in [-0.4, -0.2) is 5.11 Å². The van der Waals surface area contributed by atoms with Gasteiger partial charge in [-0.1, -0.05) is 18.2 Å². The Hall–Kier alpha value is -1.32. The van der Waals surface area contributed by atoms with E-state index in [1.54, 1.807) is 11.3 Å². The molecule has 90 valence electrons. The number of nitrogens with one attached hydrogen (secondary N) is 1. The minimum atomic E-state index is 0.405. The number of aromatic hydroxyl groups is 1. The van der Waals surface area contributed by atoms with Crippen LogP contribution in [0.3, 0.4) is 0 Å². The van der Waals surface area contributed by atoms with Gasteiger partial charge in [0.05, 0.1) is 0 Å². The molecule has 0 amide bonds. The molecule has 2 N–H and O–H groups in total. The smallest absolute Gasteiger partial charge is 0.122 e. The van der Waals surface area contributed by atoms with Crippen molar-refractivity contribution in [1.29, 1.82) is 0 Å². The van der Waals surface area contributed by atoms with Gasteiger partial charge in [-0.25, -0.2) is 0 Å². The molecule has 2 rings (SSSR count). The van der Waals surface area contributed by atoms with Crippen molar-refractivity contribution in [2.45, 2.75) is 26.9 Å². The molecule has 1 aromatic carbocycles. The highest BCUT2D eigenvalue weighted by molar-refractivity contribution is 7.11. The molecular formula is C14H17NOS. The lowest BCUT2D eigenvalue weighted by Gasteiger charge is -2.07. The maximum atomic E-state index is 9.86. The molecule has 1 aromatic heterocycles. The summed E-state index contributed by atoms with van der Waals surface area (Å²) in [6.45, 7) is 5.58. The van der Waals surface area contributed by atoms with E-state index < -0.39 is 0 Å². The van der Waals surface area contributed by atoms with Crippen molar-refractivity contribution in [2.24, 2.45) is 0 Å². The molecule has 2 aromatic rings. The van der Waals surface area contributed by atoms with Gasteiger partial charge in [-0.15, -0.1) is 11.3 Å². The Kier molecular flexibility index (Phi) is 3.82. The molecule has 2 nitrogen and oxygen atoms in total. The summed E-state index contributed by atoms with van der Waals surface area (Å²) in [6.07, 6.45) is 0. The third-order valence-electron chi connectivity index (χ3n) is 2.73. The van der Waals surface area contributed by atoms with Crippen LogP contribution < -0.4 is 5.32 Å². The number of aryl methyl sites for hydroxylation is 2. The van der Waals surface area contributed by atoms with Crippen LogP contribution in [0.25, 0.3) is 0 Å². The fraction of sp³-hybridized carbons (Fsp3) is 0.286. The Morgan fingerprint density at radius 2 is 1.94 bits per heavy atom. The molecule has 17 heavy (non-hydrogen) atoms. The van der Waals surface area contributed by atoms with E-state index in [1.165, 1.54) is 9.75 Å². The van der Waals surface area contributed by atoms with E-state index >= 15 is 0 Å². The normalized spacial score (nSPS) is 10.7. The van der Waals surface area contributed by atoms with Crippen LogP contribution in [0, 0.1) is 13.8 Å². The van der Waals surface area contributed by atoms with Crippen molar-refractivity contribution < 1.29 is 5.11 Å². The van der Waals surface area contributed by atoms with Crippen molar-refractivity contribution in [3.8, 4) is 5.75 Å². The maximum Gasteiger partial charge on any atom is 0.122 e. The van der Waals surface area contributed by atoms with Crippen LogP contribution >= 0.6 is 11.3 Å². The molecule has 0 unspecified atom stereocenters. The second-order valence-electron chi connectivity index (χ2n) is 4.20. The Balaban J connectivity index is 1.92. The molecule has 0 aliphatic rings. The highest BCUT2D eigenvalue weighted by atomic mass is 32.1. The topological polar surface area (TPSA) is 32.3 Å². The van der Waals surface area contributed by atoms with Crippen LogP contribution in [0.5, 0.6) is 5.75 Å². The van der Waals surface area contributed by atoms with Crippen LogP contribution in [0.1, 0.15) is 20.9 Å². The lowest BCUT2D eigenvalue weighted by atomic mass is 10.1. The minimum Gasteiger partial charge on any atom is -0.507 e. The first-order valence-electron chi connectivity index (χ1n) is 5.70. The second kappa shape index (κ2) is 5.34. The number of hydrogen-bond donors (Lipinski definition) is 2. The summed E-state index contributed by atoms with van der Waals surface area (Å²) < 4.78 is 0. The third kappa shape index (κ3) is 3.08. The van der Waals surface area contributed by atoms with Crippen LogP contribution in [0.2, 0.25) is 0 Å². The van der Waals surface area contributed by atoms with E-state index in [1.807, 2.05) is 25.1 Å². The van der Waals surface area contributed by atoms with Gasteiger partial charge in [0, 0.05) is 28.4 Å². The minimum absolute atomic E-state index is 0.405. The second-order valence-corrected chi connectivity index (χ2v) is 5.57. The van der Waals surface area contributed by atoms with Gasteiger partial charge in [-0.2, -0.15) is 0 Å². The molecule has 1 heterocycles. The highest BCUT2D eigenvalue weighted by Crippen LogP contribution is 2.21. The number of phenolic OH excluding ortho intramolecular Hbond substituents is 1.